The van der Waals surface area contributed by atoms with Gasteiger partial charge in [-0.3, -0.25) is 14.5 Å². The maximum Gasteiger partial charge on any atom is 0.321 e. The van der Waals surface area contributed by atoms with E-state index >= 15 is 0 Å². The summed E-state index contributed by atoms with van der Waals surface area (Å²) in [7, 11) is 3.68. The number of hydrogen-bond acceptors (Lipinski definition) is 4. The van der Waals surface area contributed by atoms with E-state index in [4.69, 9.17) is 0 Å². The smallest absolute Gasteiger partial charge is 0.321 e. The van der Waals surface area contributed by atoms with Crippen molar-refractivity contribution in [2.24, 2.45) is 5.92 Å². The standard InChI is InChI=1S/C14H26N2O3/c1-11(2)13(14(18)19)16(4)9-6-12(7-10-17)5-8-15-3/h7,10-11,13,15H,5-6,8-9H2,1-4H3,(H,18,19). The van der Waals surface area contributed by atoms with Crippen LogP contribution in [0.25, 0.3) is 0 Å². The first-order chi connectivity index (χ1) is 8.93. The zero-order valence-corrected chi connectivity index (χ0v) is 12.3. The van der Waals surface area contributed by atoms with Gasteiger partial charge in [0.05, 0.1) is 0 Å². The average molecular weight is 270 g/mol. The highest BCUT2D eigenvalue weighted by Gasteiger charge is 2.25. The third-order valence-electron chi connectivity index (χ3n) is 3.14. The summed E-state index contributed by atoms with van der Waals surface area (Å²) >= 11 is 0. The van der Waals surface area contributed by atoms with E-state index in [-0.39, 0.29) is 5.92 Å². The van der Waals surface area contributed by atoms with E-state index in [1.54, 1.807) is 6.08 Å². The van der Waals surface area contributed by atoms with Crippen LogP contribution in [-0.4, -0.2) is 55.5 Å². The minimum absolute atomic E-state index is 0.0540. The van der Waals surface area contributed by atoms with Gasteiger partial charge in [-0.15, -0.1) is 0 Å². The number of carboxylic acid groups (broad SMARTS) is 1. The van der Waals surface area contributed by atoms with Crippen molar-refractivity contribution in [1.29, 1.82) is 0 Å². The Morgan fingerprint density at radius 1 is 1.37 bits per heavy atom. The first-order valence-corrected chi connectivity index (χ1v) is 6.64. The quantitative estimate of drug-likeness (QED) is 0.460. The summed E-state index contributed by atoms with van der Waals surface area (Å²) in [6, 6.07) is -0.484. The topological polar surface area (TPSA) is 69.6 Å². The summed E-state index contributed by atoms with van der Waals surface area (Å²) in [5, 5.41) is 12.2. The van der Waals surface area contributed by atoms with Crippen LogP contribution in [0.15, 0.2) is 11.6 Å². The second-order valence-corrected chi connectivity index (χ2v) is 5.07. The van der Waals surface area contributed by atoms with Crippen molar-refractivity contribution in [3.8, 4) is 0 Å². The van der Waals surface area contributed by atoms with Gasteiger partial charge in [0, 0.05) is 6.54 Å². The summed E-state index contributed by atoms with van der Waals surface area (Å²) in [5.74, 6) is -0.744. The van der Waals surface area contributed by atoms with Crippen LogP contribution in [0.4, 0.5) is 0 Å². The highest BCUT2D eigenvalue weighted by Crippen LogP contribution is 2.13. The van der Waals surface area contributed by atoms with Crippen LogP contribution in [0.3, 0.4) is 0 Å². The number of aliphatic carboxylic acids is 1. The Hall–Kier alpha value is -1.20. The minimum Gasteiger partial charge on any atom is -0.480 e. The molecule has 0 fully saturated rings. The minimum atomic E-state index is -0.798. The average Bonchev–Trinajstić information content (AvgIpc) is 2.31. The molecular weight excluding hydrogens is 244 g/mol. The molecule has 19 heavy (non-hydrogen) atoms. The third-order valence-corrected chi connectivity index (χ3v) is 3.14. The fourth-order valence-electron chi connectivity index (χ4n) is 2.12. The normalized spacial score (nSPS) is 13.9. The largest absolute Gasteiger partial charge is 0.480 e. The van der Waals surface area contributed by atoms with Gasteiger partial charge in [0.15, 0.2) is 0 Å². The van der Waals surface area contributed by atoms with Crippen LogP contribution in [-0.2, 0) is 9.59 Å². The molecule has 0 saturated heterocycles. The predicted octanol–water partition coefficient (Wildman–Crippen LogP) is 1.15. The summed E-state index contributed by atoms with van der Waals surface area (Å²) < 4.78 is 0. The molecule has 2 N–H and O–H groups in total. The molecule has 0 aliphatic rings. The monoisotopic (exact) mass is 270 g/mol. The van der Waals surface area contributed by atoms with Crippen LogP contribution in [0.5, 0.6) is 0 Å². The lowest BCUT2D eigenvalue weighted by atomic mass is 10.0. The molecule has 110 valence electrons. The molecule has 0 aliphatic carbocycles. The van der Waals surface area contributed by atoms with Gasteiger partial charge in [0.1, 0.15) is 12.3 Å². The molecule has 1 atom stereocenters. The number of carbonyl (C=O) groups is 2. The molecule has 0 aromatic rings. The van der Waals surface area contributed by atoms with E-state index in [1.807, 2.05) is 32.8 Å². The molecule has 0 aromatic carbocycles. The lowest BCUT2D eigenvalue weighted by Gasteiger charge is -2.27. The molecule has 0 aromatic heterocycles. The van der Waals surface area contributed by atoms with Crippen molar-refractivity contribution < 1.29 is 14.7 Å². The van der Waals surface area contributed by atoms with Gasteiger partial charge in [0.25, 0.3) is 0 Å². The second kappa shape index (κ2) is 9.69. The molecule has 0 saturated carbocycles. The summed E-state index contributed by atoms with van der Waals surface area (Å²) in [5.41, 5.74) is 1.05. The SMILES string of the molecule is CNCCC(=CC=O)CCN(C)C(C(=O)O)C(C)C. The highest BCUT2D eigenvalue weighted by molar-refractivity contribution is 5.73. The summed E-state index contributed by atoms with van der Waals surface area (Å²) in [6.07, 6.45) is 3.90. The molecule has 0 rings (SSSR count). The molecule has 5 heteroatoms. The van der Waals surface area contributed by atoms with Crippen LogP contribution < -0.4 is 5.32 Å². The molecular formula is C14H26N2O3. The number of hydrogen-bond donors (Lipinski definition) is 2. The van der Waals surface area contributed by atoms with Crippen LogP contribution in [0, 0.1) is 5.92 Å². The second-order valence-electron chi connectivity index (χ2n) is 5.07. The molecule has 0 radical (unpaired) electrons. The molecule has 0 amide bonds. The lowest BCUT2D eigenvalue weighted by molar-refractivity contribution is -0.144. The van der Waals surface area contributed by atoms with E-state index in [1.165, 1.54) is 0 Å². The Balaban J connectivity index is 4.45. The van der Waals surface area contributed by atoms with Gasteiger partial charge < -0.3 is 10.4 Å². The molecule has 0 spiro atoms. The highest BCUT2D eigenvalue weighted by atomic mass is 16.4. The number of allylic oxidation sites excluding steroid dienone is 1. The van der Waals surface area contributed by atoms with Gasteiger partial charge in [-0.05, 0) is 45.5 Å². The Kier molecular flexibility index (Phi) is 9.08. The van der Waals surface area contributed by atoms with Crippen molar-refractivity contribution in [3.63, 3.8) is 0 Å². The zero-order valence-electron chi connectivity index (χ0n) is 12.3. The van der Waals surface area contributed by atoms with Crippen molar-refractivity contribution in [2.45, 2.75) is 32.7 Å². The van der Waals surface area contributed by atoms with Gasteiger partial charge in [-0.1, -0.05) is 19.4 Å². The predicted molar refractivity (Wildman–Crippen MR) is 76.2 cm³/mol. The molecule has 5 nitrogen and oxygen atoms in total. The van der Waals surface area contributed by atoms with Crippen LogP contribution in [0.2, 0.25) is 0 Å². The summed E-state index contributed by atoms with van der Waals surface area (Å²) in [6.45, 7) is 5.26. The Morgan fingerprint density at radius 2 is 2.00 bits per heavy atom. The van der Waals surface area contributed by atoms with Gasteiger partial charge in [0.2, 0.25) is 0 Å². The first kappa shape index (κ1) is 17.8. The van der Waals surface area contributed by atoms with E-state index < -0.39 is 12.0 Å². The van der Waals surface area contributed by atoms with Crippen molar-refractivity contribution in [2.75, 3.05) is 27.2 Å². The van der Waals surface area contributed by atoms with Crippen LogP contribution in [0.1, 0.15) is 26.7 Å². The van der Waals surface area contributed by atoms with Crippen LogP contribution >= 0.6 is 0 Å². The third kappa shape index (κ3) is 7.08. The maximum absolute atomic E-state index is 11.2. The maximum atomic E-state index is 11.2. The zero-order chi connectivity index (χ0) is 14.8. The van der Waals surface area contributed by atoms with E-state index in [0.29, 0.717) is 13.0 Å². The Labute approximate surface area is 115 Å². The number of rotatable bonds is 10. The van der Waals surface area contributed by atoms with Gasteiger partial charge >= 0.3 is 5.97 Å². The molecule has 0 bridgehead atoms. The molecule has 1 unspecified atom stereocenters. The van der Waals surface area contributed by atoms with Crippen molar-refractivity contribution in [3.05, 3.63) is 11.6 Å². The molecule has 0 heterocycles. The number of likely N-dealkylation sites (N-methyl/N-ethyl adjacent to an activating group) is 1. The lowest BCUT2D eigenvalue weighted by Crippen LogP contribution is -2.42. The van der Waals surface area contributed by atoms with Gasteiger partial charge in [-0.25, -0.2) is 0 Å². The van der Waals surface area contributed by atoms with E-state index in [0.717, 1.165) is 24.8 Å². The number of aldehydes is 1. The Morgan fingerprint density at radius 3 is 2.42 bits per heavy atom. The van der Waals surface area contributed by atoms with E-state index in [2.05, 4.69) is 5.32 Å². The fraction of sp³-hybridized carbons (Fsp3) is 0.714. The van der Waals surface area contributed by atoms with Crippen molar-refractivity contribution >= 4 is 12.3 Å². The number of nitrogens with zero attached hydrogens (tertiary/aromatic N) is 1. The summed E-state index contributed by atoms with van der Waals surface area (Å²) in [4.78, 5) is 23.6. The van der Waals surface area contributed by atoms with Gasteiger partial charge in [-0.2, -0.15) is 0 Å². The molecule has 0 aliphatic heterocycles. The fourth-order valence-corrected chi connectivity index (χ4v) is 2.12. The number of carbonyl (C=O) groups excluding carboxylic acids is 1. The number of nitrogens with one attached hydrogen (secondary N) is 1. The Bertz CT molecular complexity index is 314. The van der Waals surface area contributed by atoms with Crippen molar-refractivity contribution in [1.82, 2.24) is 10.2 Å². The van der Waals surface area contributed by atoms with E-state index in [9.17, 15) is 14.7 Å². The number of carboxylic acids is 1. The first-order valence-electron chi connectivity index (χ1n) is 6.64.